The number of rotatable bonds is 4. The van der Waals surface area contributed by atoms with Crippen molar-refractivity contribution >= 4 is 5.91 Å². The fourth-order valence-electron chi connectivity index (χ4n) is 2.64. The van der Waals surface area contributed by atoms with Crippen LogP contribution in [0.4, 0.5) is 0 Å². The number of fused-ring (bicyclic) bond motifs is 2. The summed E-state index contributed by atoms with van der Waals surface area (Å²) in [5.74, 6) is 0.545. The van der Waals surface area contributed by atoms with Gasteiger partial charge in [0.1, 0.15) is 0 Å². The Morgan fingerprint density at radius 2 is 2.31 bits per heavy atom. The summed E-state index contributed by atoms with van der Waals surface area (Å²) in [7, 11) is 0. The summed E-state index contributed by atoms with van der Waals surface area (Å²) in [4.78, 5) is 13.6. The first kappa shape index (κ1) is 11.9. The van der Waals surface area contributed by atoms with E-state index in [4.69, 9.17) is 4.74 Å². The lowest BCUT2D eigenvalue weighted by Crippen LogP contribution is -2.49. The van der Waals surface area contributed by atoms with Crippen molar-refractivity contribution in [3.05, 3.63) is 0 Å². The molecule has 4 nitrogen and oxygen atoms in total. The third-order valence-electron chi connectivity index (χ3n) is 3.64. The fraction of sp³-hybridized carbons (Fsp3) is 0.917. The highest BCUT2D eigenvalue weighted by Gasteiger charge is 2.39. The summed E-state index contributed by atoms with van der Waals surface area (Å²) in [5.41, 5.74) is 0. The van der Waals surface area contributed by atoms with Crippen molar-refractivity contribution in [1.29, 1.82) is 0 Å². The maximum absolute atomic E-state index is 11.1. The number of carbonyl (C=O) groups excluding carboxylic acids is 1. The van der Waals surface area contributed by atoms with Crippen molar-refractivity contribution in [1.82, 2.24) is 10.2 Å². The minimum Gasteiger partial charge on any atom is -0.375 e. The molecule has 2 saturated heterocycles. The maximum Gasteiger partial charge on any atom is 0.217 e. The standard InChI is InChI=1S/C12H22N2O2/c1-8(2)12(13-9(3)15)6-14-5-11-4-10(14)7-16-11/h8,10-12H,4-7H2,1-3H3,(H,13,15)/t10-,11-,12-/m1/s1. The molecule has 2 heterocycles. The largest absolute Gasteiger partial charge is 0.375 e. The average molecular weight is 226 g/mol. The van der Waals surface area contributed by atoms with E-state index in [2.05, 4.69) is 24.1 Å². The van der Waals surface area contributed by atoms with Crippen LogP contribution in [0.3, 0.4) is 0 Å². The fourth-order valence-corrected chi connectivity index (χ4v) is 2.64. The molecule has 0 aromatic rings. The van der Waals surface area contributed by atoms with Crippen molar-refractivity contribution in [2.45, 2.75) is 45.4 Å². The molecule has 92 valence electrons. The van der Waals surface area contributed by atoms with E-state index in [1.165, 1.54) is 6.42 Å². The summed E-state index contributed by atoms with van der Waals surface area (Å²) in [6, 6.07) is 0.844. The summed E-state index contributed by atoms with van der Waals surface area (Å²) >= 11 is 0. The number of hydrogen-bond donors (Lipinski definition) is 1. The number of hydrogen-bond acceptors (Lipinski definition) is 3. The van der Waals surface area contributed by atoms with E-state index in [-0.39, 0.29) is 11.9 Å². The molecule has 1 N–H and O–H groups in total. The molecule has 2 rings (SSSR count). The SMILES string of the molecule is CC(=O)N[C@H](CN1C[C@H]2C[C@@H]1CO2)C(C)C. The van der Waals surface area contributed by atoms with Crippen LogP contribution in [-0.2, 0) is 9.53 Å². The van der Waals surface area contributed by atoms with Gasteiger partial charge in [0.25, 0.3) is 0 Å². The number of ether oxygens (including phenoxy) is 1. The van der Waals surface area contributed by atoms with Gasteiger partial charge in [-0.3, -0.25) is 9.69 Å². The Kier molecular flexibility index (Phi) is 3.50. The highest BCUT2D eigenvalue weighted by Crippen LogP contribution is 2.28. The third kappa shape index (κ3) is 2.55. The number of carbonyl (C=O) groups is 1. The van der Waals surface area contributed by atoms with Gasteiger partial charge >= 0.3 is 0 Å². The summed E-state index contributed by atoms with van der Waals surface area (Å²) in [5, 5.41) is 3.04. The van der Waals surface area contributed by atoms with Gasteiger partial charge in [0.05, 0.1) is 12.7 Å². The molecule has 2 aliphatic heterocycles. The molecule has 2 bridgehead atoms. The average Bonchev–Trinajstić information content (AvgIpc) is 2.77. The Hall–Kier alpha value is -0.610. The van der Waals surface area contributed by atoms with Gasteiger partial charge in [-0.25, -0.2) is 0 Å². The Labute approximate surface area is 97.3 Å². The van der Waals surface area contributed by atoms with Crippen LogP contribution in [0.15, 0.2) is 0 Å². The molecular formula is C12H22N2O2. The number of amides is 1. The maximum atomic E-state index is 11.1. The second-order valence-electron chi connectivity index (χ2n) is 5.35. The molecule has 1 amide bonds. The van der Waals surface area contributed by atoms with Crippen LogP contribution in [0.1, 0.15) is 27.2 Å². The van der Waals surface area contributed by atoms with E-state index in [1.54, 1.807) is 6.92 Å². The zero-order valence-corrected chi connectivity index (χ0v) is 10.4. The van der Waals surface area contributed by atoms with E-state index in [0.717, 1.165) is 19.7 Å². The van der Waals surface area contributed by atoms with E-state index in [9.17, 15) is 4.79 Å². The predicted molar refractivity (Wildman–Crippen MR) is 62.2 cm³/mol. The molecule has 4 heteroatoms. The summed E-state index contributed by atoms with van der Waals surface area (Å²) in [6.45, 7) is 8.77. The molecule has 3 atom stereocenters. The van der Waals surface area contributed by atoms with E-state index < -0.39 is 0 Å². The normalized spacial score (nSPS) is 31.0. The van der Waals surface area contributed by atoms with E-state index >= 15 is 0 Å². The highest BCUT2D eigenvalue weighted by atomic mass is 16.5. The van der Waals surface area contributed by atoms with Crippen molar-refractivity contribution in [2.75, 3.05) is 19.7 Å². The van der Waals surface area contributed by atoms with Gasteiger partial charge in [-0.05, 0) is 12.3 Å². The van der Waals surface area contributed by atoms with Crippen LogP contribution >= 0.6 is 0 Å². The van der Waals surface area contributed by atoms with Crippen molar-refractivity contribution in [3.8, 4) is 0 Å². The summed E-state index contributed by atoms with van der Waals surface area (Å²) < 4.78 is 5.58. The van der Waals surface area contributed by atoms with Crippen LogP contribution in [0.2, 0.25) is 0 Å². The lowest BCUT2D eigenvalue weighted by molar-refractivity contribution is -0.120. The molecular weight excluding hydrogens is 204 g/mol. The monoisotopic (exact) mass is 226 g/mol. The Morgan fingerprint density at radius 1 is 1.56 bits per heavy atom. The first-order chi connectivity index (χ1) is 7.56. The molecule has 0 aliphatic carbocycles. The molecule has 0 radical (unpaired) electrons. The zero-order chi connectivity index (χ0) is 11.7. The Bertz CT molecular complexity index is 268. The van der Waals surface area contributed by atoms with Crippen LogP contribution in [-0.4, -0.2) is 48.7 Å². The second kappa shape index (κ2) is 4.72. The molecule has 0 saturated carbocycles. The van der Waals surface area contributed by atoms with Gasteiger partial charge in [0.15, 0.2) is 0 Å². The van der Waals surface area contributed by atoms with Gasteiger partial charge in [-0.15, -0.1) is 0 Å². The van der Waals surface area contributed by atoms with Crippen LogP contribution in [0, 0.1) is 5.92 Å². The lowest BCUT2D eigenvalue weighted by Gasteiger charge is -2.32. The van der Waals surface area contributed by atoms with E-state index in [1.807, 2.05) is 0 Å². The number of likely N-dealkylation sites (tertiary alicyclic amines) is 1. The Morgan fingerprint density at radius 3 is 2.75 bits per heavy atom. The van der Waals surface area contributed by atoms with Crippen LogP contribution < -0.4 is 5.32 Å². The molecule has 0 spiro atoms. The lowest BCUT2D eigenvalue weighted by atomic mass is 10.0. The highest BCUT2D eigenvalue weighted by molar-refractivity contribution is 5.73. The van der Waals surface area contributed by atoms with Crippen molar-refractivity contribution in [3.63, 3.8) is 0 Å². The number of nitrogens with zero attached hydrogens (tertiary/aromatic N) is 1. The molecule has 0 aromatic heterocycles. The predicted octanol–water partition coefficient (Wildman–Crippen LogP) is 0.620. The first-order valence-corrected chi connectivity index (χ1v) is 6.19. The molecule has 0 aromatic carbocycles. The van der Waals surface area contributed by atoms with Gasteiger partial charge < -0.3 is 10.1 Å². The van der Waals surface area contributed by atoms with Crippen molar-refractivity contribution in [2.24, 2.45) is 5.92 Å². The number of nitrogens with one attached hydrogen (secondary N) is 1. The van der Waals surface area contributed by atoms with Gasteiger partial charge in [0.2, 0.25) is 5.91 Å². The smallest absolute Gasteiger partial charge is 0.217 e. The summed E-state index contributed by atoms with van der Waals surface area (Å²) in [6.07, 6.45) is 1.61. The van der Waals surface area contributed by atoms with Gasteiger partial charge in [-0.2, -0.15) is 0 Å². The zero-order valence-electron chi connectivity index (χ0n) is 10.4. The van der Waals surface area contributed by atoms with Crippen LogP contribution in [0.5, 0.6) is 0 Å². The van der Waals surface area contributed by atoms with Crippen LogP contribution in [0.25, 0.3) is 0 Å². The molecule has 0 unspecified atom stereocenters. The third-order valence-corrected chi connectivity index (χ3v) is 3.64. The van der Waals surface area contributed by atoms with Gasteiger partial charge in [-0.1, -0.05) is 13.8 Å². The molecule has 16 heavy (non-hydrogen) atoms. The topological polar surface area (TPSA) is 41.6 Å². The van der Waals surface area contributed by atoms with E-state index in [0.29, 0.717) is 18.1 Å². The Balaban J connectivity index is 1.88. The second-order valence-corrected chi connectivity index (χ2v) is 5.35. The van der Waals surface area contributed by atoms with Gasteiger partial charge in [0, 0.05) is 32.1 Å². The molecule has 2 aliphatic rings. The number of morpholine rings is 1. The first-order valence-electron chi connectivity index (χ1n) is 6.19. The minimum absolute atomic E-state index is 0.0688. The molecule has 2 fully saturated rings. The minimum atomic E-state index is 0.0688. The van der Waals surface area contributed by atoms with Crippen molar-refractivity contribution < 1.29 is 9.53 Å². The quantitative estimate of drug-likeness (QED) is 0.764.